The first-order valence-electron chi connectivity index (χ1n) is 6.14. The van der Waals surface area contributed by atoms with E-state index >= 15 is 0 Å². The van der Waals surface area contributed by atoms with Crippen LogP contribution in [-0.4, -0.2) is 22.9 Å². The molecule has 0 aliphatic carbocycles. The van der Waals surface area contributed by atoms with Crippen molar-refractivity contribution in [2.75, 3.05) is 6.26 Å². The Morgan fingerprint density at radius 2 is 1.52 bits per heavy atom. The number of hydrogen-bond acceptors (Lipinski definition) is 3. The smallest absolute Gasteiger partial charge is 0.228 e. The maximum Gasteiger partial charge on any atom is 0.228 e. The lowest BCUT2D eigenvalue weighted by Crippen LogP contribution is -2.32. The fourth-order valence-corrected chi connectivity index (χ4v) is 2.82. The van der Waals surface area contributed by atoms with E-state index < -0.39 is 19.1 Å². The molecule has 3 nitrogen and oxygen atoms in total. The summed E-state index contributed by atoms with van der Waals surface area (Å²) in [5, 5.41) is 10.2. The highest BCUT2D eigenvalue weighted by atomic mass is 79.9. The van der Waals surface area contributed by atoms with E-state index in [2.05, 4.69) is 15.9 Å². The molecule has 0 saturated heterocycles. The van der Waals surface area contributed by atoms with Crippen molar-refractivity contribution in [2.45, 2.75) is 9.22 Å². The normalized spacial score (nSPS) is 16.2. The minimum atomic E-state index is -3.68. The highest BCUT2D eigenvalue weighted by Crippen LogP contribution is 2.42. The predicted octanol–water partition coefficient (Wildman–Crippen LogP) is 3.72. The van der Waals surface area contributed by atoms with Crippen LogP contribution >= 0.6 is 27.5 Å². The van der Waals surface area contributed by atoms with Gasteiger partial charge in [-0.2, -0.15) is 0 Å². The van der Waals surface area contributed by atoms with Crippen molar-refractivity contribution in [3.63, 3.8) is 0 Å². The first-order valence-corrected chi connectivity index (χ1v) is 9.20. The molecular formula is C15H14BrClO3S. The summed E-state index contributed by atoms with van der Waals surface area (Å²) in [6.07, 6.45) is -0.407. The Hall–Kier alpha value is -0.880. The Morgan fingerprint density at radius 3 is 2.00 bits per heavy atom. The van der Waals surface area contributed by atoms with Gasteiger partial charge in [0.2, 0.25) is 3.12 Å². The van der Waals surface area contributed by atoms with E-state index in [4.69, 9.17) is 11.6 Å². The Balaban J connectivity index is 2.32. The topological polar surface area (TPSA) is 54.4 Å². The molecule has 6 heteroatoms. The molecule has 0 amide bonds. The van der Waals surface area contributed by atoms with E-state index in [1.165, 1.54) is 0 Å². The van der Waals surface area contributed by atoms with Crippen LogP contribution < -0.4 is 0 Å². The van der Waals surface area contributed by atoms with Crippen molar-refractivity contribution < 1.29 is 13.5 Å². The average Bonchev–Trinajstić information content (AvgIpc) is 2.46. The van der Waals surface area contributed by atoms with Crippen LogP contribution in [0.2, 0.25) is 0 Å². The molecule has 0 spiro atoms. The molecule has 0 aliphatic heterocycles. The number of sulfone groups is 1. The van der Waals surface area contributed by atoms with Gasteiger partial charge in [0.25, 0.3) is 0 Å². The molecule has 0 bridgehead atoms. The van der Waals surface area contributed by atoms with Crippen molar-refractivity contribution in [2.24, 2.45) is 0 Å². The minimum absolute atomic E-state index is 0.423. The van der Waals surface area contributed by atoms with E-state index in [1.54, 1.807) is 12.1 Å². The average molecular weight is 390 g/mol. The van der Waals surface area contributed by atoms with Crippen LogP contribution in [0.3, 0.4) is 0 Å². The third kappa shape index (κ3) is 3.48. The summed E-state index contributed by atoms with van der Waals surface area (Å²) < 4.78 is 21.3. The van der Waals surface area contributed by atoms with Crippen molar-refractivity contribution in [1.29, 1.82) is 0 Å². The van der Waals surface area contributed by atoms with E-state index in [9.17, 15) is 13.5 Å². The van der Waals surface area contributed by atoms with Crippen LogP contribution in [0.1, 0.15) is 11.7 Å². The van der Waals surface area contributed by atoms with Gasteiger partial charge in [0.1, 0.15) is 6.10 Å². The van der Waals surface area contributed by atoms with Gasteiger partial charge in [-0.1, -0.05) is 66.2 Å². The van der Waals surface area contributed by atoms with Crippen LogP contribution in [0.4, 0.5) is 0 Å². The molecule has 1 N–H and O–H groups in total. The van der Waals surface area contributed by atoms with Crippen molar-refractivity contribution in [1.82, 2.24) is 0 Å². The van der Waals surface area contributed by atoms with Crippen LogP contribution in [0.5, 0.6) is 0 Å². The zero-order chi connectivity index (χ0) is 15.7. The summed E-state index contributed by atoms with van der Waals surface area (Å²) in [6.45, 7) is 0. The van der Waals surface area contributed by atoms with Crippen LogP contribution in [-0.2, 0) is 9.84 Å². The number of aliphatic hydroxyl groups is 1. The Bertz CT molecular complexity index is 712. The third-order valence-electron chi connectivity index (χ3n) is 3.15. The summed E-state index contributed by atoms with van der Waals surface area (Å²) in [7, 11) is -3.68. The molecule has 2 atom stereocenters. The van der Waals surface area contributed by atoms with Gasteiger partial charge in [-0.15, -0.1) is 0 Å². The number of alkyl halides is 2. The second-order valence-electron chi connectivity index (χ2n) is 4.72. The lowest BCUT2D eigenvalue weighted by molar-refractivity contribution is 0.185. The SMILES string of the molecule is CS(=O)(=O)[C@@](Cl)(Br)[C@@H](O)c1ccc(-c2ccccc2)cc1. The Kier molecular flexibility index (Phi) is 4.78. The molecule has 112 valence electrons. The quantitative estimate of drug-likeness (QED) is 0.811. The van der Waals surface area contributed by atoms with Crippen molar-refractivity contribution >= 4 is 37.4 Å². The number of benzene rings is 2. The van der Waals surface area contributed by atoms with Gasteiger partial charge >= 0.3 is 0 Å². The molecule has 2 aromatic carbocycles. The zero-order valence-corrected chi connectivity index (χ0v) is 14.4. The first kappa shape index (κ1) is 16.5. The summed E-state index contributed by atoms with van der Waals surface area (Å²) in [6, 6.07) is 16.7. The third-order valence-corrected chi connectivity index (χ3v) is 7.60. The fourth-order valence-electron chi connectivity index (χ4n) is 1.89. The van der Waals surface area contributed by atoms with E-state index in [-0.39, 0.29) is 0 Å². The van der Waals surface area contributed by atoms with Gasteiger partial charge in [0.05, 0.1) is 0 Å². The van der Waals surface area contributed by atoms with Crippen LogP contribution in [0.25, 0.3) is 11.1 Å². The molecule has 0 aliphatic rings. The van der Waals surface area contributed by atoms with Gasteiger partial charge in [-0.05, 0) is 32.6 Å². The Labute approximate surface area is 137 Å². The summed E-state index contributed by atoms with van der Waals surface area (Å²) in [5.74, 6) is 0. The lowest BCUT2D eigenvalue weighted by Gasteiger charge is -2.24. The van der Waals surface area contributed by atoms with E-state index in [0.717, 1.165) is 17.4 Å². The highest BCUT2D eigenvalue weighted by Gasteiger charge is 2.44. The molecule has 2 aromatic rings. The molecule has 0 unspecified atom stereocenters. The second kappa shape index (κ2) is 6.08. The van der Waals surface area contributed by atoms with Gasteiger partial charge < -0.3 is 5.11 Å². The monoisotopic (exact) mass is 388 g/mol. The predicted molar refractivity (Wildman–Crippen MR) is 89.2 cm³/mol. The highest BCUT2D eigenvalue weighted by molar-refractivity contribution is 9.12. The Morgan fingerprint density at radius 1 is 1.05 bits per heavy atom. The van der Waals surface area contributed by atoms with Gasteiger partial charge in [-0.3, -0.25) is 0 Å². The largest absolute Gasteiger partial charge is 0.385 e. The van der Waals surface area contributed by atoms with Crippen LogP contribution in [0, 0.1) is 0 Å². The maximum absolute atomic E-state index is 11.6. The molecular weight excluding hydrogens is 376 g/mol. The molecule has 0 heterocycles. The van der Waals surface area contributed by atoms with E-state index in [1.807, 2.05) is 42.5 Å². The molecule has 0 fully saturated rings. The standard InChI is InChI=1S/C15H14BrClO3S/c1-21(19,20)15(16,17)14(18)13-9-7-12(8-10-13)11-5-3-2-4-6-11/h2-10,14,18H,1H3/t14-,15+/m0/s1. The minimum Gasteiger partial charge on any atom is -0.385 e. The molecule has 0 aromatic heterocycles. The van der Waals surface area contributed by atoms with Gasteiger partial charge in [-0.25, -0.2) is 8.42 Å². The zero-order valence-electron chi connectivity index (χ0n) is 11.2. The second-order valence-corrected chi connectivity index (χ2v) is 9.97. The van der Waals surface area contributed by atoms with Gasteiger partial charge in [0.15, 0.2) is 9.84 Å². The van der Waals surface area contributed by atoms with Crippen molar-refractivity contribution in [3.05, 3.63) is 60.2 Å². The summed E-state index contributed by atoms with van der Waals surface area (Å²) >= 11 is 8.83. The maximum atomic E-state index is 11.6. The summed E-state index contributed by atoms with van der Waals surface area (Å²) in [5.41, 5.74) is 2.44. The van der Waals surface area contributed by atoms with Crippen LogP contribution in [0.15, 0.2) is 54.6 Å². The van der Waals surface area contributed by atoms with Gasteiger partial charge in [0, 0.05) is 6.26 Å². The molecule has 21 heavy (non-hydrogen) atoms. The number of rotatable bonds is 4. The molecule has 2 rings (SSSR count). The van der Waals surface area contributed by atoms with E-state index in [0.29, 0.717) is 5.56 Å². The number of hydrogen-bond donors (Lipinski definition) is 1. The number of aliphatic hydroxyl groups excluding tert-OH is 1. The lowest BCUT2D eigenvalue weighted by atomic mass is 10.0. The van der Waals surface area contributed by atoms with Crippen molar-refractivity contribution in [3.8, 4) is 11.1 Å². The first-order chi connectivity index (χ1) is 9.73. The number of halogens is 2. The molecule has 0 radical (unpaired) electrons. The molecule has 0 saturated carbocycles. The fraction of sp³-hybridized carbons (Fsp3) is 0.200. The summed E-state index contributed by atoms with van der Waals surface area (Å²) in [4.78, 5) is 0.